The lowest BCUT2D eigenvalue weighted by atomic mass is 10.1. The van der Waals surface area contributed by atoms with Crippen LogP contribution in [0.3, 0.4) is 0 Å². The Balaban J connectivity index is 1.59. The van der Waals surface area contributed by atoms with E-state index in [2.05, 4.69) is 31.1 Å². The molecular formula is C28H39NO4. The Kier molecular flexibility index (Phi) is 12.8. The second-order valence-corrected chi connectivity index (χ2v) is 8.08. The van der Waals surface area contributed by atoms with Gasteiger partial charge >= 0.3 is 0 Å². The van der Waals surface area contributed by atoms with Crippen molar-refractivity contribution >= 4 is 5.71 Å². The number of unbranched alkanes of at least 4 members (excludes halogenated alkanes) is 3. The van der Waals surface area contributed by atoms with Crippen LogP contribution in [0.5, 0.6) is 11.5 Å². The van der Waals surface area contributed by atoms with Gasteiger partial charge in [0, 0.05) is 13.0 Å². The van der Waals surface area contributed by atoms with E-state index in [9.17, 15) is 0 Å². The van der Waals surface area contributed by atoms with Crippen LogP contribution in [-0.2, 0) is 16.0 Å². The Morgan fingerprint density at radius 2 is 1.61 bits per heavy atom. The Bertz CT molecular complexity index is 838. The summed E-state index contributed by atoms with van der Waals surface area (Å²) in [6.45, 7) is 8.67. The Morgan fingerprint density at radius 1 is 0.909 bits per heavy atom. The first-order valence-corrected chi connectivity index (χ1v) is 11.8. The molecule has 2 aromatic carbocycles. The Hall–Kier alpha value is -2.79. The molecule has 0 unspecified atom stereocenters. The minimum atomic E-state index is 0.499. The van der Waals surface area contributed by atoms with Gasteiger partial charge in [0.05, 0.1) is 18.9 Å². The summed E-state index contributed by atoms with van der Waals surface area (Å²) >= 11 is 0. The third-order valence-corrected chi connectivity index (χ3v) is 5.19. The molecule has 0 aromatic heterocycles. The summed E-state index contributed by atoms with van der Waals surface area (Å²) in [6.07, 6.45) is 9.03. The van der Waals surface area contributed by atoms with E-state index in [1.165, 1.54) is 5.56 Å². The fraction of sp³-hybridized carbons (Fsp3) is 0.464. The highest BCUT2D eigenvalue weighted by molar-refractivity contribution is 5.87. The van der Waals surface area contributed by atoms with Crippen molar-refractivity contribution in [1.82, 2.24) is 0 Å². The van der Waals surface area contributed by atoms with Crippen molar-refractivity contribution in [3.05, 3.63) is 71.3 Å². The summed E-state index contributed by atoms with van der Waals surface area (Å²) in [4.78, 5) is 4.96. The quantitative estimate of drug-likeness (QED) is 0.127. The molecule has 0 saturated carbocycles. The topological polar surface area (TPSA) is 49.3 Å². The Labute approximate surface area is 199 Å². The molecule has 5 heteroatoms. The van der Waals surface area contributed by atoms with Crippen molar-refractivity contribution < 1.29 is 19.0 Å². The van der Waals surface area contributed by atoms with Crippen LogP contribution < -0.4 is 9.47 Å². The standard InChI is InChI=1S/C28H39NO4/c1-5-6-17-32-27-19-23(2)28(24(3)20-27)33-18-13-8-7-12-16-31-22-26(29-30-4)21-25-14-10-9-11-15-25/h5-6,9-11,14-15,19-20H,7-8,12-13,16-18,21-22H2,1-4H3/b6-5+,29-26+. The summed E-state index contributed by atoms with van der Waals surface area (Å²) in [5.41, 5.74) is 4.34. The monoisotopic (exact) mass is 453 g/mol. The molecular weight excluding hydrogens is 414 g/mol. The zero-order valence-corrected chi connectivity index (χ0v) is 20.6. The third kappa shape index (κ3) is 10.6. The maximum absolute atomic E-state index is 6.06. The van der Waals surface area contributed by atoms with E-state index >= 15 is 0 Å². The van der Waals surface area contributed by atoms with E-state index in [-0.39, 0.29) is 0 Å². The van der Waals surface area contributed by atoms with Crippen LogP contribution in [0.1, 0.15) is 49.3 Å². The number of aryl methyl sites for hydroxylation is 2. The molecule has 2 rings (SSSR count). The first-order valence-electron chi connectivity index (χ1n) is 11.8. The molecule has 0 saturated heterocycles. The van der Waals surface area contributed by atoms with Gasteiger partial charge in [0.15, 0.2) is 0 Å². The van der Waals surface area contributed by atoms with Crippen molar-refractivity contribution in [1.29, 1.82) is 0 Å². The van der Waals surface area contributed by atoms with Crippen LogP contribution in [0, 0.1) is 13.8 Å². The van der Waals surface area contributed by atoms with Crippen LogP contribution in [-0.4, -0.2) is 39.2 Å². The predicted octanol–water partition coefficient (Wildman–Crippen LogP) is 6.46. The molecule has 2 aromatic rings. The highest BCUT2D eigenvalue weighted by Gasteiger charge is 2.07. The number of hydrogen-bond acceptors (Lipinski definition) is 5. The summed E-state index contributed by atoms with van der Waals surface area (Å²) in [5, 5.41) is 4.11. The van der Waals surface area contributed by atoms with E-state index < -0.39 is 0 Å². The van der Waals surface area contributed by atoms with Gasteiger partial charge in [0.1, 0.15) is 25.2 Å². The maximum atomic E-state index is 6.06. The van der Waals surface area contributed by atoms with Crippen LogP contribution in [0.15, 0.2) is 59.8 Å². The zero-order valence-electron chi connectivity index (χ0n) is 20.6. The number of hydrogen-bond donors (Lipinski definition) is 0. The lowest BCUT2D eigenvalue weighted by Gasteiger charge is -2.14. The van der Waals surface area contributed by atoms with Crippen molar-refractivity contribution in [2.75, 3.05) is 33.5 Å². The Morgan fingerprint density at radius 3 is 2.27 bits per heavy atom. The van der Waals surface area contributed by atoms with E-state index in [0.29, 0.717) is 13.2 Å². The number of oxime groups is 1. The normalized spacial score (nSPS) is 11.7. The molecule has 0 aliphatic carbocycles. The first-order chi connectivity index (χ1) is 16.1. The molecule has 0 N–H and O–H groups in total. The number of benzene rings is 2. The van der Waals surface area contributed by atoms with Gasteiger partial charge in [-0.15, -0.1) is 0 Å². The zero-order chi connectivity index (χ0) is 23.7. The number of ether oxygens (including phenoxy) is 3. The van der Waals surface area contributed by atoms with Gasteiger partial charge in [-0.3, -0.25) is 0 Å². The number of allylic oxidation sites excluding steroid dienone is 1. The molecule has 0 atom stereocenters. The third-order valence-electron chi connectivity index (χ3n) is 5.19. The largest absolute Gasteiger partial charge is 0.493 e. The van der Waals surface area contributed by atoms with Crippen LogP contribution >= 0.6 is 0 Å². The summed E-state index contributed by atoms with van der Waals surface area (Å²) in [5.74, 6) is 1.86. The summed E-state index contributed by atoms with van der Waals surface area (Å²) < 4.78 is 17.6. The SMILES string of the molecule is C/C=C/COc1cc(C)c(OCCCCCCOC/C(Cc2ccccc2)=N/OC)c(C)c1. The van der Waals surface area contributed by atoms with Crippen molar-refractivity contribution in [3.8, 4) is 11.5 Å². The average Bonchev–Trinajstić information content (AvgIpc) is 2.80. The van der Waals surface area contributed by atoms with Crippen molar-refractivity contribution in [3.63, 3.8) is 0 Å². The first kappa shape index (κ1) is 26.5. The fourth-order valence-electron chi connectivity index (χ4n) is 3.56. The highest BCUT2D eigenvalue weighted by Crippen LogP contribution is 2.28. The van der Waals surface area contributed by atoms with Crippen molar-refractivity contribution in [2.45, 2.75) is 52.9 Å². The number of nitrogens with zero attached hydrogens (tertiary/aromatic N) is 1. The molecule has 0 aliphatic heterocycles. The van der Waals surface area contributed by atoms with E-state index in [1.54, 1.807) is 7.11 Å². The van der Waals surface area contributed by atoms with Crippen LogP contribution in [0.4, 0.5) is 0 Å². The van der Waals surface area contributed by atoms with Gasteiger partial charge in [-0.1, -0.05) is 54.1 Å². The molecule has 0 spiro atoms. The van der Waals surface area contributed by atoms with Gasteiger partial charge in [-0.2, -0.15) is 0 Å². The van der Waals surface area contributed by atoms with E-state index in [1.807, 2.05) is 49.4 Å². The molecule has 0 bridgehead atoms. The van der Waals surface area contributed by atoms with Crippen LogP contribution in [0.2, 0.25) is 0 Å². The van der Waals surface area contributed by atoms with Gasteiger partial charge < -0.3 is 19.0 Å². The van der Waals surface area contributed by atoms with E-state index in [4.69, 9.17) is 19.0 Å². The van der Waals surface area contributed by atoms with Gasteiger partial charge in [0.2, 0.25) is 0 Å². The highest BCUT2D eigenvalue weighted by atomic mass is 16.6. The molecule has 0 heterocycles. The molecule has 180 valence electrons. The summed E-state index contributed by atoms with van der Waals surface area (Å²) in [6, 6.07) is 14.3. The minimum Gasteiger partial charge on any atom is -0.493 e. The number of rotatable bonds is 16. The van der Waals surface area contributed by atoms with Gasteiger partial charge in [-0.05, 0) is 68.9 Å². The second kappa shape index (κ2) is 15.9. The fourth-order valence-corrected chi connectivity index (χ4v) is 3.56. The van der Waals surface area contributed by atoms with E-state index in [0.717, 1.165) is 73.7 Å². The average molecular weight is 454 g/mol. The molecule has 33 heavy (non-hydrogen) atoms. The molecule has 0 radical (unpaired) electrons. The van der Waals surface area contributed by atoms with Gasteiger partial charge in [0.25, 0.3) is 0 Å². The summed E-state index contributed by atoms with van der Waals surface area (Å²) in [7, 11) is 1.57. The molecule has 0 amide bonds. The lowest BCUT2D eigenvalue weighted by molar-refractivity contribution is 0.156. The predicted molar refractivity (Wildman–Crippen MR) is 136 cm³/mol. The maximum Gasteiger partial charge on any atom is 0.125 e. The van der Waals surface area contributed by atoms with Gasteiger partial charge in [-0.25, -0.2) is 0 Å². The molecule has 5 nitrogen and oxygen atoms in total. The minimum absolute atomic E-state index is 0.499. The molecule has 0 fully saturated rings. The second-order valence-electron chi connectivity index (χ2n) is 8.08. The molecule has 0 aliphatic rings. The van der Waals surface area contributed by atoms with Crippen molar-refractivity contribution in [2.24, 2.45) is 5.16 Å². The lowest BCUT2D eigenvalue weighted by Crippen LogP contribution is -2.13. The van der Waals surface area contributed by atoms with Crippen LogP contribution in [0.25, 0.3) is 0 Å². The smallest absolute Gasteiger partial charge is 0.125 e.